The van der Waals surface area contributed by atoms with Crippen LogP contribution >= 0.6 is 11.8 Å². The molecule has 0 saturated heterocycles. The van der Waals surface area contributed by atoms with Gasteiger partial charge >= 0.3 is 5.97 Å². The highest BCUT2D eigenvalue weighted by molar-refractivity contribution is 7.98. The molecular formula is C12H11N3O2S. The Balaban J connectivity index is 2.16. The number of nitrogens with zero attached hydrogens (tertiary/aromatic N) is 2. The molecule has 6 heteroatoms. The lowest BCUT2D eigenvalue weighted by atomic mass is 10.2. The first-order valence-electron chi connectivity index (χ1n) is 5.18. The topological polar surface area (TPSA) is 89.1 Å². The fourth-order valence-electron chi connectivity index (χ4n) is 1.41. The lowest BCUT2D eigenvalue weighted by molar-refractivity contribution is 0.0695. The van der Waals surface area contributed by atoms with Crippen LogP contribution in [0, 0.1) is 0 Å². The maximum Gasteiger partial charge on any atom is 0.339 e. The Bertz CT molecular complexity index is 575. The van der Waals surface area contributed by atoms with Crippen molar-refractivity contribution in [2.24, 2.45) is 0 Å². The van der Waals surface area contributed by atoms with Crippen LogP contribution in [-0.2, 0) is 5.75 Å². The molecule has 0 radical (unpaired) electrons. The first-order chi connectivity index (χ1) is 8.68. The summed E-state index contributed by atoms with van der Waals surface area (Å²) < 4.78 is 0. The summed E-state index contributed by atoms with van der Waals surface area (Å²) in [5.41, 5.74) is 7.10. The molecule has 1 aromatic heterocycles. The van der Waals surface area contributed by atoms with Gasteiger partial charge in [-0.2, -0.15) is 0 Å². The summed E-state index contributed by atoms with van der Waals surface area (Å²) in [6, 6.07) is 7.44. The van der Waals surface area contributed by atoms with E-state index < -0.39 is 5.97 Å². The predicted octanol–water partition coefficient (Wildman–Crippen LogP) is 2.05. The van der Waals surface area contributed by atoms with E-state index in [0.29, 0.717) is 17.1 Å². The van der Waals surface area contributed by atoms with Crippen molar-refractivity contribution in [3.63, 3.8) is 0 Å². The Kier molecular flexibility index (Phi) is 3.78. The van der Waals surface area contributed by atoms with Gasteiger partial charge in [0.15, 0.2) is 0 Å². The molecule has 2 aromatic rings. The Hall–Kier alpha value is -2.08. The van der Waals surface area contributed by atoms with Crippen LogP contribution in [0.3, 0.4) is 0 Å². The summed E-state index contributed by atoms with van der Waals surface area (Å²) in [5, 5.41) is 9.00. The Morgan fingerprint density at radius 1 is 1.39 bits per heavy atom. The third-order valence-corrected chi connectivity index (χ3v) is 3.41. The number of aromatic carboxylic acids is 1. The van der Waals surface area contributed by atoms with Gasteiger partial charge in [-0.1, -0.05) is 12.1 Å². The molecule has 0 aliphatic carbocycles. The van der Waals surface area contributed by atoms with E-state index in [0.717, 1.165) is 4.90 Å². The van der Waals surface area contributed by atoms with Crippen LogP contribution < -0.4 is 5.73 Å². The number of hydrogen-bond donors (Lipinski definition) is 2. The summed E-state index contributed by atoms with van der Waals surface area (Å²) in [6.45, 7) is 0. The van der Waals surface area contributed by atoms with E-state index in [9.17, 15) is 4.79 Å². The zero-order valence-electron chi connectivity index (χ0n) is 9.41. The molecule has 0 aliphatic heterocycles. The number of thioether (sulfide) groups is 1. The normalized spacial score (nSPS) is 10.2. The smallest absolute Gasteiger partial charge is 0.339 e. The highest BCUT2D eigenvalue weighted by atomic mass is 32.2. The number of carbonyl (C=O) groups is 1. The number of rotatable bonds is 4. The van der Waals surface area contributed by atoms with Gasteiger partial charge in [-0.05, 0) is 12.1 Å². The average molecular weight is 261 g/mol. The van der Waals surface area contributed by atoms with Gasteiger partial charge in [0.1, 0.15) is 11.9 Å². The van der Waals surface area contributed by atoms with Crippen LogP contribution in [0.1, 0.15) is 16.1 Å². The van der Waals surface area contributed by atoms with Crippen LogP contribution in [0.5, 0.6) is 0 Å². The van der Waals surface area contributed by atoms with Crippen LogP contribution in [0.4, 0.5) is 5.69 Å². The third kappa shape index (κ3) is 2.78. The quantitative estimate of drug-likeness (QED) is 0.646. The molecule has 3 N–H and O–H groups in total. The summed E-state index contributed by atoms with van der Waals surface area (Å²) >= 11 is 1.45. The standard InChI is InChI=1S/C12H11N3O2S/c13-9-3-1-2-4-11(9)18-6-10-8(12(16)17)5-14-7-15-10/h1-5,7H,6,13H2,(H,16,17). The highest BCUT2D eigenvalue weighted by Crippen LogP contribution is 2.27. The van der Waals surface area contributed by atoms with Crippen molar-refractivity contribution < 1.29 is 9.90 Å². The molecule has 0 aliphatic rings. The molecule has 0 spiro atoms. The summed E-state index contributed by atoms with van der Waals surface area (Å²) in [6.07, 6.45) is 2.65. The largest absolute Gasteiger partial charge is 0.478 e. The van der Waals surface area contributed by atoms with Gasteiger partial charge in [-0.15, -0.1) is 11.8 Å². The lowest BCUT2D eigenvalue weighted by Gasteiger charge is -2.06. The van der Waals surface area contributed by atoms with Crippen molar-refractivity contribution in [2.45, 2.75) is 10.6 Å². The van der Waals surface area contributed by atoms with Gasteiger partial charge in [0.05, 0.1) is 5.69 Å². The molecule has 1 heterocycles. The van der Waals surface area contributed by atoms with Crippen molar-refractivity contribution in [1.82, 2.24) is 9.97 Å². The second-order valence-electron chi connectivity index (χ2n) is 3.51. The minimum Gasteiger partial charge on any atom is -0.478 e. The monoisotopic (exact) mass is 261 g/mol. The SMILES string of the molecule is Nc1ccccc1SCc1ncncc1C(=O)O. The van der Waals surface area contributed by atoms with Gasteiger partial charge in [0, 0.05) is 22.5 Å². The lowest BCUT2D eigenvalue weighted by Crippen LogP contribution is -2.04. The predicted molar refractivity (Wildman–Crippen MR) is 69.4 cm³/mol. The van der Waals surface area contributed by atoms with Gasteiger partial charge in [-0.25, -0.2) is 14.8 Å². The van der Waals surface area contributed by atoms with Crippen molar-refractivity contribution in [3.8, 4) is 0 Å². The van der Waals surface area contributed by atoms with Gasteiger partial charge in [0.25, 0.3) is 0 Å². The number of hydrogen-bond acceptors (Lipinski definition) is 5. The van der Waals surface area contributed by atoms with Crippen LogP contribution in [0.15, 0.2) is 41.7 Å². The second kappa shape index (κ2) is 5.50. The molecule has 0 unspecified atom stereocenters. The number of carboxylic acid groups (broad SMARTS) is 1. The molecule has 92 valence electrons. The molecule has 1 aromatic carbocycles. The maximum atomic E-state index is 11.0. The van der Waals surface area contributed by atoms with Crippen LogP contribution in [0.25, 0.3) is 0 Å². The molecule has 5 nitrogen and oxygen atoms in total. The first-order valence-corrected chi connectivity index (χ1v) is 6.16. The van der Waals surface area contributed by atoms with E-state index in [1.54, 1.807) is 6.07 Å². The fourth-order valence-corrected chi connectivity index (χ4v) is 2.34. The number of para-hydroxylation sites is 1. The van der Waals surface area contributed by atoms with Crippen molar-refractivity contribution in [2.75, 3.05) is 5.73 Å². The van der Waals surface area contributed by atoms with Crippen LogP contribution in [-0.4, -0.2) is 21.0 Å². The van der Waals surface area contributed by atoms with E-state index in [-0.39, 0.29) is 5.56 Å². The number of carboxylic acids is 1. The molecule has 0 bridgehead atoms. The summed E-state index contributed by atoms with van der Waals surface area (Å²) in [4.78, 5) is 19.6. The summed E-state index contributed by atoms with van der Waals surface area (Å²) in [7, 11) is 0. The van der Waals surface area contributed by atoms with Crippen molar-refractivity contribution >= 4 is 23.4 Å². The van der Waals surface area contributed by atoms with Gasteiger partial charge < -0.3 is 10.8 Å². The molecular weight excluding hydrogens is 250 g/mol. The number of nitrogens with two attached hydrogens (primary N) is 1. The third-order valence-electron chi connectivity index (χ3n) is 2.31. The molecule has 18 heavy (non-hydrogen) atoms. The van der Waals surface area contributed by atoms with E-state index in [4.69, 9.17) is 10.8 Å². The van der Waals surface area contributed by atoms with E-state index >= 15 is 0 Å². The Morgan fingerprint density at radius 2 is 2.17 bits per heavy atom. The van der Waals surface area contributed by atoms with Crippen molar-refractivity contribution in [3.05, 3.63) is 48.0 Å². The number of nitrogen functional groups attached to an aromatic ring is 1. The van der Waals surface area contributed by atoms with E-state index in [1.165, 1.54) is 24.3 Å². The van der Waals surface area contributed by atoms with E-state index in [2.05, 4.69) is 9.97 Å². The van der Waals surface area contributed by atoms with Crippen LogP contribution in [0.2, 0.25) is 0 Å². The number of anilines is 1. The highest BCUT2D eigenvalue weighted by Gasteiger charge is 2.11. The molecule has 0 fully saturated rings. The molecule has 0 atom stereocenters. The minimum atomic E-state index is -1.02. The first kappa shape index (κ1) is 12.4. The average Bonchev–Trinajstić information content (AvgIpc) is 2.38. The maximum absolute atomic E-state index is 11.0. The zero-order valence-corrected chi connectivity index (χ0v) is 10.2. The molecule has 2 rings (SSSR count). The number of aromatic nitrogens is 2. The zero-order chi connectivity index (χ0) is 13.0. The van der Waals surface area contributed by atoms with Gasteiger partial charge in [-0.3, -0.25) is 0 Å². The molecule has 0 amide bonds. The number of benzene rings is 1. The van der Waals surface area contributed by atoms with Crippen molar-refractivity contribution in [1.29, 1.82) is 0 Å². The van der Waals surface area contributed by atoms with E-state index in [1.807, 2.05) is 18.2 Å². The Labute approximate surface area is 108 Å². The fraction of sp³-hybridized carbons (Fsp3) is 0.0833. The second-order valence-corrected chi connectivity index (χ2v) is 4.53. The van der Waals surface area contributed by atoms with Gasteiger partial charge in [0.2, 0.25) is 0 Å². The molecule has 0 saturated carbocycles. The summed E-state index contributed by atoms with van der Waals surface area (Å²) in [5.74, 6) is -0.578. The minimum absolute atomic E-state index is 0.125. The Morgan fingerprint density at radius 3 is 2.89 bits per heavy atom.